The number of nitrogens with one attached hydrogen (secondary N) is 2. The van der Waals surface area contributed by atoms with Gasteiger partial charge in [-0.3, -0.25) is 10.1 Å². The van der Waals surface area contributed by atoms with E-state index in [1.54, 1.807) is 28.8 Å². The largest absolute Gasteiger partial charge is 0.491 e. The Kier molecular flexibility index (Phi) is 5.92. The molecule has 2 N–H and O–H groups in total. The molecule has 2 heterocycles. The van der Waals surface area contributed by atoms with E-state index in [2.05, 4.69) is 25.9 Å². The third-order valence-corrected chi connectivity index (χ3v) is 5.40. The fraction of sp³-hybridized carbons (Fsp3) is 0.190. The van der Waals surface area contributed by atoms with E-state index in [0.29, 0.717) is 11.3 Å². The number of aryl methyl sites for hydroxylation is 1. The van der Waals surface area contributed by atoms with E-state index in [9.17, 15) is 4.79 Å². The van der Waals surface area contributed by atoms with E-state index in [-0.39, 0.29) is 17.1 Å². The van der Waals surface area contributed by atoms with Crippen LogP contribution in [-0.2, 0) is 0 Å². The van der Waals surface area contributed by atoms with Gasteiger partial charge in [-0.25, -0.2) is 0 Å². The summed E-state index contributed by atoms with van der Waals surface area (Å²) >= 11 is 6.74. The van der Waals surface area contributed by atoms with Gasteiger partial charge in [-0.15, -0.1) is 10.2 Å². The van der Waals surface area contributed by atoms with E-state index in [1.165, 1.54) is 11.3 Å². The van der Waals surface area contributed by atoms with Crippen LogP contribution in [0.15, 0.2) is 48.5 Å². The summed E-state index contributed by atoms with van der Waals surface area (Å²) in [6, 6.07) is 14.5. The van der Waals surface area contributed by atoms with Crippen LogP contribution in [0.25, 0.3) is 15.5 Å². The Morgan fingerprint density at radius 2 is 1.81 bits per heavy atom. The number of nitrogens with zero attached hydrogens (tertiary/aromatic N) is 4. The van der Waals surface area contributed by atoms with E-state index in [1.807, 2.05) is 45.0 Å². The van der Waals surface area contributed by atoms with Crippen molar-refractivity contribution in [3.05, 3.63) is 59.9 Å². The van der Waals surface area contributed by atoms with Crippen LogP contribution in [0.2, 0.25) is 0 Å². The van der Waals surface area contributed by atoms with Gasteiger partial charge in [-0.2, -0.15) is 9.61 Å². The number of ether oxygens (including phenoxy) is 1. The second-order valence-electron chi connectivity index (χ2n) is 7.03. The first kappa shape index (κ1) is 20.9. The highest BCUT2D eigenvalue weighted by molar-refractivity contribution is 7.80. The molecule has 0 bridgehead atoms. The van der Waals surface area contributed by atoms with Crippen LogP contribution in [-0.4, -0.2) is 36.9 Å². The Labute approximate surface area is 188 Å². The molecule has 0 spiro atoms. The van der Waals surface area contributed by atoms with Gasteiger partial charge in [0.15, 0.2) is 10.9 Å². The number of thiocarbonyl (C=S) groups is 1. The summed E-state index contributed by atoms with van der Waals surface area (Å²) < 4.78 is 7.31. The molecule has 31 heavy (non-hydrogen) atoms. The topological polar surface area (TPSA) is 93.4 Å². The number of fused-ring (bicyclic) bond motifs is 1. The lowest BCUT2D eigenvalue weighted by atomic mass is 10.2. The van der Waals surface area contributed by atoms with Crippen molar-refractivity contribution in [2.24, 2.45) is 0 Å². The van der Waals surface area contributed by atoms with Crippen molar-refractivity contribution in [1.82, 2.24) is 25.1 Å². The van der Waals surface area contributed by atoms with Gasteiger partial charge in [0.25, 0.3) is 5.91 Å². The highest BCUT2D eigenvalue weighted by Crippen LogP contribution is 2.26. The minimum Gasteiger partial charge on any atom is -0.491 e. The summed E-state index contributed by atoms with van der Waals surface area (Å²) in [5, 5.41) is 19.4. The Morgan fingerprint density at radius 1 is 1.10 bits per heavy atom. The number of amides is 1. The predicted molar refractivity (Wildman–Crippen MR) is 125 cm³/mol. The number of rotatable bonds is 5. The van der Waals surface area contributed by atoms with Gasteiger partial charge in [0.1, 0.15) is 10.8 Å². The normalized spacial score (nSPS) is 11.0. The molecular weight excluding hydrogens is 432 g/mol. The second kappa shape index (κ2) is 8.78. The molecule has 0 radical (unpaired) electrons. The van der Waals surface area contributed by atoms with E-state index in [4.69, 9.17) is 17.0 Å². The first-order valence-electron chi connectivity index (χ1n) is 9.57. The average Bonchev–Trinajstić information content (AvgIpc) is 3.31. The van der Waals surface area contributed by atoms with Crippen LogP contribution >= 0.6 is 23.6 Å². The van der Waals surface area contributed by atoms with Gasteiger partial charge in [-0.1, -0.05) is 11.3 Å². The smallest absolute Gasteiger partial charge is 0.257 e. The monoisotopic (exact) mass is 452 g/mol. The molecule has 0 aliphatic rings. The SMILES string of the molecule is Cc1nnc2sc(-c3ccc(NC(=S)NC(=O)c4ccc(OC(C)C)cc4)cc3)nn12. The lowest BCUT2D eigenvalue weighted by Gasteiger charge is -2.11. The Bertz CT molecular complexity index is 1230. The van der Waals surface area contributed by atoms with Crippen LogP contribution in [0, 0.1) is 6.92 Å². The predicted octanol–water partition coefficient (Wildman–Crippen LogP) is 4.08. The minimum absolute atomic E-state index is 0.0750. The zero-order valence-corrected chi connectivity index (χ0v) is 18.8. The Hall–Kier alpha value is -3.37. The van der Waals surface area contributed by atoms with Crippen molar-refractivity contribution >= 4 is 45.2 Å². The highest BCUT2D eigenvalue weighted by atomic mass is 32.1. The lowest BCUT2D eigenvalue weighted by Crippen LogP contribution is -2.34. The minimum atomic E-state index is -0.291. The van der Waals surface area contributed by atoms with E-state index in [0.717, 1.165) is 27.0 Å². The molecule has 4 aromatic rings. The maximum absolute atomic E-state index is 12.4. The molecule has 158 valence electrons. The summed E-state index contributed by atoms with van der Waals surface area (Å²) in [5.74, 6) is 1.17. The summed E-state index contributed by atoms with van der Waals surface area (Å²) in [7, 11) is 0. The fourth-order valence-electron chi connectivity index (χ4n) is 2.82. The molecule has 0 saturated heterocycles. The van der Waals surface area contributed by atoms with Crippen LogP contribution in [0.3, 0.4) is 0 Å². The third kappa shape index (κ3) is 4.86. The van der Waals surface area contributed by atoms with Gasteiger partial charge in [0.05, 0.1) is 6.10 Å². The number of carbonyl (C=O) groups excluding carboxylic acids is 1. The zero-order valence-electron chi connectivity index (χ0n) is 17.1. The standard InChI is InChI=1S/C21H20N6O2S2/c1-12(2)29-17-10-6-14(7-11-17)18(28)23-20(30)22-16-8-4-15(5-9-16)19-26-27-13(3)24-25-21(27)31-19/h4-12H,1-3H3,(H2,22,23,28,30). The molecule has 0 unspecified atom stereocenters. The van der Waals surface area contributed by atoms with Crippen LogP contribution in [0.1, 0.15) is 30.0 Å². The molecule has 0 saturated carbocycles. The van der Waals surface area contributed by atoms with Gasteiger partial charge in [0.2, 0.25) is 4.96 Å². The van der Waals surface area contributed by atoms with Crippen molar-refractivity contribution in [2.45, 2.75) is 26.9 Å². The summed E-state index contributed by atoms with van der Waals surface area (Å²) in [6.07, 6.45) is 0.0750. The molecule has 0 atom stereocenters. The number of carbonyl (C=O) groups is 1. The van der Waals surface area contributed by atoms with Crippen LogP contribution < -0.4 is 15.4 Å². The molecule has 0 fully saturated rings. The molecule has 10 heteroatoms. The number of benzene rings is 2. The van der Waals surface area contributed by atoms with Gasteiger partial charge in [0, 0.05) is 16.8 Å². The van der Waals surface area contributed by atoms with Crippen molar-refractivity contribution in [3.8, 4) is 16.3 Å². The van der Waals surface area contributed by atoms with Crippen molar-refractivity contribution in [3.63, 3.8) is 0 Å². The third-order valence-electron chi connectivity index (χ3n) is 4.25. The maximum Gasteiger partial charge on any atom is 0.257 e. The number of hydrogen-bond acceptors (Lipinski definition) is 7. The molecule has 2 aromatic carbocycles. The van der Waals surface area contributed by atoms with E-state index < -0.39 is 0 Å². The maximum atomic E-state index is 12.4. The highest BCUT2D eigenvalue weighted by Gasteiger charge is 2.11. The molecule has 4 rings (SSSR count). The number of aromatic nitrogens is 4. The van der Waals surface area contributed by atoms with Crippen LogP contribution in [0.4, 0.5) is 5.69 Å². The average molecular weight is 453 g/mol. The zero-order chi connectivity index (χ0) is 22.0. The molecule has 0 aliphatic carbocycles. The fourth-order valence-corrected chi connectivity index (χ4v) is 3.92. The Morgan fingerprint density at radius 3 is 2.45 bits per heavy atom. The van der Waals surface area contributed by atoms with Crippen LogP contribution in [0.5, 0.6) is 5.75 Å². The van der Waals surface area contributed by atoms with Gasteiger partial charge in [-0.05, 0) is 81.5 Å². The summed E-state index contributed by atoms with van der Waals surface area (Å²) in [5.41, 5.74) is 2.21. The molecule has 2 aromatic heterocycles. The number of hydrogen-bond donors (Lipinski definition) is 2. The molecule has 0 aliphatic heterocycles. The first-order valence-corrected chi connectivity index (χ1v) is 10.8. The summed E-state index contributed by atoms with van der Waals surface area (Å²) in [6.45, 7) is 5.76. The molecule has 8 nitrogen and oxygen atoms in total. The van der Waals surface area contributed by atoms with Crippen molar-refractivity contribution in [1.29, 1.82) is 0 Å². The lowest BCUT2D eigenvalue weighted by molar-refractivity contribution is 0.0977. The quantitative estimate of drug-likeness (QED) is 0.441. The van der Waals surface area contributed by atoms with Crippen molar-refractivity contribution in [2.75, 3.05) is 5.32 Å². The number of anilines is 1. The Balaban J connectivity index is 1.36. The van der Waals surface area contributed by atoms with Crippen molar-refractivity contribution < 1.29 is 9.53 Å². The molecule has 1 amide bonds. The molecular formula is C21H20N6O2S2. The van der Waals surface area contributed by atoms with Gasteiger partial charge < -0.3 is 10.1 Å². The second-order valence-corrected chi connectivity index (χ2v) is 8.39. The van der Waals surface area contributed by atoms with Gasteiger partial charge >= 0.3 is 0 Å². The van der Waals surface area contributed by atoms with E-state index >= 15 is 0 Å². The first-order chi connectivity index (χ1) is 14.9. The summed E-state index contributed by atoms with van der Waals surface area (Å²) in [4.78, 5) is 13.2.